The number of aromatic nitrogens is 1. The maximum absolute atomic E-state index is 10.8. The minimum absolute atomic E-state index is 0.498. The van der Waals surface area contributed by atoms with Crippen molar-refractivity contribution in [1.82, 2.24) is 9.88 Å². The van der Waals surface area contributed by atoms with E-state index in [1.807, 2.05) is 24.3 Å². The second-order valence-electron chi connectivity index (χ2n) is 4.00. The Morgan fingerprint density at radius 1 is 1.53 bits per heavy atom. The van der Waals surface area contributed by atoms with Crippen LogP contribution in [0, 0.1) is 0 Å². The Kier molecular flexibility index (Phi) is 3.40. The Hall–Kier alpha value is -1.46. The monoisotopic (exact) mass is 250 g/mol. The van der Waals surface area contributed by atoms with Gasteiger partial charge < -0.3 is 5.11 Å². The minimum Gasteiger partial charge on any atom is -0.480 e. The maximum atomic E-state index is 10.8. The van der Waals surface area contributed by atoms with Crippen molar-refractivity contribution in [2.75, 3.05) is 7.05 Å². The van der Waals surface area contributed by atoms with Crippen LogP contribution in [0.5, 0.6) is 0 Å². The molecule has 1 aromatic heterocycles. The van der Waals surface area contributed by atoms with Crippen LogP contribution in [0.3, 0.4) is 0 Å². The van der Waals surface area contributed by atoms with Gasteiger partial charge in [-0.1, -0.05) is 12.1 Å². The highest BCUT2D eigenvalue weighted by atomic mass is 32.1. The van der Waals surface area contributed by atoms with Crippen LogP contribution in [0.15, 0.2) is 24.3 Å². The minimum atomic E-state index is -0.811. The molecule has 0 spiro atoms. The summed E-state index contributed by atoms with van der Waals surface area (Å²) in [5.74, 6) is -0.811. The van der Waals surface area contributed by atoms with E-state index in [1.54, 1.807) is 30.2 Å². The van der Waals surface area contributed by atoms with E-state index in [-0.39, 0.29) is 0 Å². The Bertz CT molecular complexity index is 505. The molecule has 0 fully saturated rings. The molecular weight excluding hydrogens is 236 g/mol. The highest BCUT2D eigenvalue weighted by Gasteiger charge is 2.17. The molecule has 2 rings (SSSR count). The average molecular weight is 250 g/mol. The van der Waals surface area contributed by atoms with E-state index in [9.17, 15) is 4.79 Å². The van der Waals surface area contributed by atoms with Gasteiger partial charge in [0.1, 0.15) is 11.0 Å². The molecule has 1 unspecified atom stereocenters. The molecule has 17 heavy (non-hydrogen) atoms. The Morgan fingerprint density at radius 3 is 2.88 bits per heavy atom. The molecule has 0 aliphatic heterocycles. The smallest absolute Gasteiger partial charge is 0.320 e. The SMILES string of the molecule is CC(C(=O)O)N(C)Cc1nc2ccccc2s1. The van der Waals surface area contributed by atoms with Gasteiger partial charge in [0.25, 0.3) is 0 Å². The predicted octanol–water partition coefficient (Wildman–Crippen LogP) is 2.20. The fourth-order valence-electron chi connectivity index (χ4n) is 1.53. The number of carbonyl (C=O) groups is 1. The standard InChI is InChI=1S/C12H14N2O2S/c1-8(12(15)16)14(2)7-11-13-9-5-3-4-6-10(9)17-11/h3-6,8H,7H2,1-2H3,(H,15,16). The lowest BCUT2D eigenvalue weighted by Crippen LogP contribution is -2.35. The summed E-state index contributed by atoms with van der Waals surface area (Å²) in [6.07, 6.45) is 0. The van der Waals surface area contributed by atoms with Crippen LogP contribution in [-0.4, -0.2) is 34.0 Å². The number of likely N-dealkylation sites (N-methyl/N-ethyl adjacent to an activating group) is 1. The fraction of sp³-hybridized carbons (Fsp3) is 0.333. The summed E-state index contributed by atoms with van der Waals surface area (Å²) in [4.78, 5) is 17.1. The number of carboxylic acids is 1. The molecule has 0 amide bonds. The lowest BCUT2D eigenvalue weighted by Gasteiger charge is -2.19. The Balaban J connectivity index is 2.15. The third kappa shape index (κ3) is 2.62. The maximum Gasteiger partial charge on any atom is 0.320 e. The fourth-order valence-corrected chi connectivity index (χ4v) is 2.56. The van der Waals surface area contributed by atoms with E-state index in [4.69, 9.17) is 5.11 Å². The number of nitrogens with zero attached hydrogens (tertiary/aromatic N) is 2. The zero-order valence-corrected chi connectivity index (χ0v) is 10.6. The molecule has 5 heteroatoms. The van der Waals surface area contributed by atoms with Crippen molar-refractivity contribution in [2.24, 2.45) is 0 Å². The van der Waals surface area contributed by atoms with Gasteiger partial charge in [0.05, 0.1) is 16.8 Å². The Morgan fingerprint density at radius 2 is 2.24 bits per heavy atom. The highest BCUT2D eigenvalue weighted by molar-refractivity contribution is 7.18. The van der Waals surface area contributed by atoms with Crippen LogP contribution in [0.1, 0.15) is 11.9 Å². The predicted molar refractivity (Wildman–Crippen MR) is 68.2 cm³/mol. The summed E-state index contributed by atoms with van der Waals surface area (Å²) in [5, 5.41) is 9.86. The van der Waals surface area contributed by atoms with Crippen LogP contribution < -0.4 is 0 Å². The Labute approximate surface area is 104 Å². The summed E-state index contributed by atoms with van der Waals surface area (Å²) < 4.78 is 1.14. The highest BCUT2D eigenvalue weighted by Crippen LogP contribution is 2.22. The topological polar surface area (TPSA) is 53.4 Å². The van der Waals surface area contributed by atoms with Crippen LogP contribution in [0.2, 0.25) is 0 Å². The first-order valence-electron chi connectivity index (χ1n) is 5.35. The van der Waals surface area contributed by atoms with E-state index >= 15 is 0 Å². The number of hydrogen-bond acceptors (Lipinski definition) is 4. The summed E-state index contributed by atoms with van der Waals surface area (Å²) in [6, 6.07) is 7.43. The molecule has 1 heterocycles. The first kappa shape index (κ1) is 12.0. The summed E-state index contributed by atoms with van der Waals surface area (Å²) in [7, 11) is 1.80. The molecular formula is C12H14N2O2S. The van der Waals surface area contributed by atoms with Crippen molar-refractivity contribution in [3.8, 4) is 0 Å². The number of fused-ring (bicyclic) bond motifs is 1. The van der Waals surface area contributed by atoms with Gasteiger partial charge >= 0.3 is 5.97 Å². The number of thiazole rings is 1. The second-order valence-corrected chi connectivity index (χ2v) is 5.12. The molecule has 4 nitrogen and oxygen atoms in total. The first-order valence-corrected chi connectivity index (χ1v) is 6.17. The molecule has 0 saturated heterocycles. The van der Waals surface area contributed by atoms with Gasteiger partial charge in [0.15, 0.2) is 0 Å². The van der Waals surface area contributed by atoms with E-state index in [2.05, 4.69) is 4.98 Å². The van der Waals surface area contributed by atoms with Crippen LogP contribution in [0.25, 0.3) is 10.2 Å². The third-order valence-corrected chi connectivity index (χ3v) is 3.76. The first-order chi connectivity index (χ1) is 8.08. The van der Waals surface area contributed by atoms with Gasteiger partial charge in [-0.25, -0.2) is 4.98 Å². The van der Waals surface area contributed by atoms with Gasteiger partial charge in [0.2, 0.25) is 0 Å². The summed E-state index contributed by atoms with van der Waals surface area (Å²) in [6.45, 7) is 2.24. The van der Waals surface area contributed by atoms with Gasteiger partial charge in [-0.3, -0.25) is 9.69 Å². The van der Waals surface area contributed by atoms with Crippen molar-refractivity contribution in [3.05, 3.63) is 29.3 Å². The number of rotatable bonds is 4. The zero-order chi connectivity index (χ0) is 12.4. The lowest BCUT2D eigenvalue weighted by molar-refractivity contribution is -0.142. The van der Waals surface area contributed by atoms with E-state index in [1.165, 1.54) is 0 Å². The summed E-state index contributed by atoms with van der Waals surface area (Å²) in [5.41, 5.74) is 0.976. The number of carboxylic acid groups (broad SMARTS) is 1. The van der Waals surface area contributed by atoms with Crippen molar-refractivity contribution in [3.63, 3.8) is 0 Å². The van der Waals surface area contributed by atoms with Crippen LogP contribution in [0.4, 0.5) is 0 Å². The van der Waals surface area contributed by atoms with Gasteiger partial charge in [0, 0.05) is 0 Å². The average Bonchev–Trinajstić information content (AvgIpc) is 2.69. The molecule has 0 radical (unpaired) electrons. The molecule has 0 aliphatic rings. The lowest BCUT2D eigenvalue weighted by atomic mass is 10.3. The molecule has 90 valence electrons. The van der Waals surface area contributed by atoms with E-state index < -0.39 is 12.0 Å². The van der Waals surface area contributed by atoms with Gasteiger partial charge in [-0.15, -0.1) is 11.3 Å². The van der Waals surface area contributed by atoms with Crippen LogP contribution >= 0.6 is 11.3 Å². The molecule has 1 aromatic carbocycles. The number of benzene rings is 1. The summed E-state index contributed by atoms with van der Waals surface area (Å²) >= 11 is 1.61. The molecule has 1 atom stereocenters. The zero-order valence-electron chi connectivity index (χ0n) is 9.75. The number of aliphatic carboxylic acids is 1. The molecule has 0 aliphatic carbocycles. The molecule has 0 saturated carbocycles. The molecule has 2 aromatic rings. The van der Waals surface area contributed by atoms with Crippen molar-refractivity contribution in [1.29, 1.82) is 0 Å². The third-order valence-electron chi connectivity index (χ3n) is 2.74. The van der Waals surface area contributed by atoms with Crippen molar-refractivity contribution >= 4 is 27.5 Å². The van der Waals surface area contributed by atoms with Gasteiger partial charge in [-0.2, -0.15) is 0 Å². The van der Waals surface area contributed by atoms with Crippen molar-refractivity contribution < 1.29 is 9.90 Å². The number of para-hydroxylation sites is 1. The van der Waals surface area contributed by atoms with E-state index in [0.29, 0.717) is 6.54 Å². The normalized spacial score (nSPS) is 13.1. The number of hydrogen-bond donors (Lipinski definition) is 1. The second kappa shape index (κ2) is 4.81. The largest absolute Gasteiger partial charge is 0.480 e. The van der Waals surface area contributed by atoms with Crippen molar-refractivity contribution in [2.45, 2.75) is 19.5 Å². The molecule has 1 N–H and O–H groups in total. The van der Waals surface area contributed by atoms with Crippen LogP contribution in [-0.2, 0) is 11.3 Å². The van der Waals surface area contributed by atoms with Gasteiger partial charge in [-0.05, 0) is 26.1 Å². The van der Waals surface area contributed by atoms with E-state index in [0.717, 1.165) is 15.2 Å². The molecule has 0 bridgehead atoms. The quantitative estimate of drug-likeness (QED) is 0.903.